The number of allylic oxidation sites excluding steroid dienone is 10. The second-order valence-corrected chi connectivity index (χ2v) is 18.3. The lowest BCUT2D eigenvalue weighted by atomic mass is 9.88. The van der Waals surface area contributed by atoms with Gasteiger partial charge in [-0.05, 0) is 129 Å². The maximum Gasteiger partial charge on any atom is 0.306 e. The summed E-state index contributed by atoms with van der Waals surface area (Å²) in [4.78, 5) is 28.1. The Bertz CT molecular complexity index is 1190. The summed E-state index contributed by atoms with van der Waals surface area (Å²) in [5, 5.41) is 0. The lowest BCUT2D eigenvalue weighted by Gasteiger charge is -2.24. The van der Waals surface area contributed by atoms with E-state index in [4.69, 9.17) is 18.9 Å². The lowest BCUT2D eigenvalue weighted by Crippen LogP contribution is -2.30. The summed E-state index contributed by atoms with van der Waals surface area (Å²) in [6.45, 7) is 9.49. The predicted molar refractivity (Wildman–Crippen MR) is 268 cm³/mol. The largest absolute Gasteiger partial charge is 0.463 e. The molecule has 0 amide bonds. The molecule has 1 aliphatic rings. The maximum absolute atomic E-state index is 13.3. The molecule has 0 N–H and O–H groups in total. The lowest BCUT2D eigenvalue weighted by molar-refractivity contribution is -0.152. The van der Waals surface area contributed by atoms with Crippen molar-refractivity contribution in [3.63, 3.8) is 0 Å². The van der Waals surface area contributed by atoms with Gasteiger partial charge in [0.1, 0.15) is 18.8 Å². The molecule has 7 nitrogen and oxygen atoms in total. The van der Waals surface area contributed by atoms with Gasteiger partial charge >= 0.3 is 11.9 Å². The molecule has 1 saturated carbocycles. The molecule has 0 heterocycles. The van der Waals surface area contributed by atoms with Crippen molar-refractivity contribution in [1.82, 2.24) is 4.90 Å². The molecule has 7 heteroatoms. The van der Waals surface area contributed by atoms with E-state index >= 15 is 0 Å². The van der Waals surface area contributed by atoms with Crippen LogP contribution >= 0.6 is 0 Å². The smallest absolute Gasteiger partial charge is 0.306 e. The first-order chi connectivity index (χ1) is 30.9. The Hall–Kier alpha value is -2.48. The average Bonchev–Trinajstić information content (AvgIpc) is 3.63. The summed E-state index contributed by atoms with van der Waals surface area (Å²) in [7, 11) is 4.03. The van der Waals surface area contributed by atoms with Gasteiger partial charge in [-0.1, -0.05) is 159 Å². The van der Waals surface area contributed by atoms with Crippen LogP contribution in [0.1, 0.15) is 213 Å². The van der Waals surface area contributed by atoms with Crippen LogP contribution in [0.5, 0.6) is 0 Å². The molecule has 0 bridgehead atoms. The predicted octanol–water partition coefficient (Wildman–Crippen LogP) is 15.2. The quantitative estimate of drug-likeness (QED) is 0.0343. The molecule has 1 fully saturated rings. The topological polar surface area (TPSA) is 74.3 Å². The van der Waals surface area contributed by atoms with E-state index in [1.807, 2.05) is 14.1 Å². The van der Waals surface area contributed by atoms with Crippen molar-refractivity contribution in [3.8, 4) is 0 Å². The van der Waals surface area contributed by atoms with Crippen LogP contribution in [0.4, 0.5) is 0 Å². The maximum atomic E-state index is 13.3. The van der Waals surface area contributed by atoms with E-state index in [1.54, 1.807) is 0 Å². The van der Waals surface area contributed by atoms with Gasteiger partial charge in [-0.2, -0.15) is 0 Å². The minimum absolute atomic E-state index is 0.127. The van der Waals surface area contributed by atoms with E-state index in [-0.39, 0.29) is 42.6 Å². The molecule has 0 radical (unpaired) electrons. The Morgan fingerprint density at radius 2 is 1.13 bits per heavy atom. The van der Waals surface area contributed by atoms with Crippen molar-refractivity contribution in [2.75, 3.05) is 47.1 Å². The van der Waals surface area contributed by atoms with Gasteiger partial charge in [0.2, 0.25) is 0 Å². The molecule has 0 aromatic rings. The highest BCUT2D eigenvalue weighted by molar-refractivity contribution is 5.70. The minimum atomic E-state index is -0.269. The highest BCUT2D eigenvalue weighted by Gasteiger charge is 2.39. The molecular weight excluding hydrogens is 783 g/mol. The van der Waals surface area contributed by atoms with Crippen LogP contribution in [-0.4, -0.2) is 76.1 Å². The number of hydrogen-bond donors (Lipinski definition) is 0. The molecule has 0 aromatic heterocycles. The SMILES string of the molecule is CC/C=C\CC1C(CC(=O)OCC(COCCCCCCCC/C=C\C/C=C\CCCC)OCCCCCCCC/C=C\C/C=C\CCCCC)CCC1OC(=O)CCCN(C)C. The average molecular weight is 882 g/mol. The van der Waals surface area contributed by atoms with Gasteiger partial charge in [0, 0.05) is 32.0 Å². The summed E-state index contributed by atoms with van der Waals surface area (Å²) in [6, 6.07) is 0. The second-order valence-electron chi connectivity index (χ2n) is 18.3. The fourth-order valence-corrected chi connectivity index (χ4v) is 8.20. The van der Waals surface area contributed by atoms with E-state index in [2.05, 4.69) is 86.4 Å². The third-order valence-corrected chi connectivity index (χ3v) is 12.1. The summed E-state index contributed by atoms with van der Waals surface area (Å²) in [5.74, 6) is -0.0674. The van der Waals surface area contributed by atoms with E-state index < -0.39 is 0 Å². The van der Waals surface area contributed by atoms with E-state index in [0.717, 1.165) is 70.8 Å². The standard InChI is InChI=1S/C56H99NO6/c1-6-9-12-14-16-18-20-22-24-26-28-30-32-34-36-39-47-61-52(49-60-46-38-35-33-31-29-27-25-23-21-19-17-15-13-10-7-2)50-62-56(59)48-51-43-44-54(53(51)41-37-11-8-3)63-55(58)42-40-45-57(4)5/h11,15-18,21-24,37,51-54H,6-10,12-14,19-20,25-36,38-50H2,1-5H3/b17-15-,18-16-,23-21-,24-22-,37-11-. The number of nitrogens with zero attached hydrogens (tertiary/aromatic N) is 1. The van der Waals surface area contributed by atoms with Crippen LogP contribution in [0.15, 0.2) is 60.8 Å². The minimum Gasteiger partial charge on any atom is -0.463 e. The van der Waals surface area contributed by atoms with Crippen molar-refractivity contribution in [2.45, 2.75) is 226 Å². The van der Waals surface area contributed by atoms with Gasteiger partial charge in [0.25, 0.3) is 0 Å². The van der Waals surface area contributed by atoms with Gasteiger partial charge in [0.15, 0.2) is 0 Å². The number of carbonyl (C=O) groups excluding carboxylic acids is 2. The number of esters is 2. The van der Waals surface area contributed by atoms with E-state index in [0.29, 0.717) is 32.7 Å². The normalized spacial score (nSPS) is 17.5. The summed E-state index contributed by atoms with van der Waals surface area (Å²) in [5.41, 5.74) is 0. The second kappa shape index (κ2) is 44.7. The Morgan fingerprint density at radius 1 is 0.571 bits per heavy atom. The Labute approximate surface area is 389 Å². The van der Waals surface area contributed by atoms with Crippen molar-refractivity contribution in [2.24, 2.45) is 11.8 Å². The molecule has 364 valence electrons. The van der Waals surface area contributed by atoms with Crippen LogP contribution in [0.25, 0.3) is 0 Å². The molecule has 1 rings (SSSR count). The molecule has 0 saturated heterocycles. The number of ether oxygens (including phenoxy) is 4. The van der Waals surface area contributed by atoms with Crippen molar-refractivity contribution in [1.29, 1.82) is 0 Å². The number of hydrogen-bond acceptors (Lipinski definition) is 7. The van der Waals surface area contributed by atoms with Crippen molar-refractivity contribution >= 4 is 11.9 Å². The fraction of sp³-hybridized carbons (Fsp3) is 0.786. The van der Waals surface area contributed by atoms with E-state index in [1.165, 1.54) is 116 Å². The van der Waals surface area contributed by atoms with Crippen LogP contribution in [0, 0.1) is 11.8 Å². The zero-order chi connectivity index (χ0) is 45.7. The van der Waals surface area contributed by atoms with E-state index in [9.17, 15) is 9.59 Å². The highest BCUT2D eigenvalue weighted by atomic mass is 16.6. The molecule has 0 spiro atoms. The Balaban J connectivity index is 2.49. The first-order valence-electron chi connectivity index (χ1n) is 26.3. The van der Waals surface area contributed by atoms with Crippen LogP contribution in [0.2, 0.25) is 0 Å². The molecule has 4 atom stereocenters. The van der Waals surface area contributed by atoms with Crippen LogP contribution in [-0.2, 0) is 28.5 Å². The monoisotopic (exact) mass is 882 g/mol. The third kappa shape index (κ3) is 37.4. The first-order valence-corrected chi connectivity index (χ1v) is 26.3. The summed E-state index contributed by atoms with van der Waals surface area (Å²) in [6.07, 6.45) is 55.3. The van der Waals surface area contributed by atoms with Crippen LogP contribution in [0.3, 0.4) is 0 Å². The molecule has 0 aliphatic heterocycles. The first kappa shape index (κ1) is 58.5. The fourth-order valence-electron chi connectivity index (χ4n) is 8.20. The number of rotatable bonds is 44. The third-order valence-electron chi connectivity index (χ3n) is 12.1. The van der Waals surface area contributed by atoms with Gasteiger partial charge in [-0.3, -0.25) is 9.59 Å². The van der Waals surface area contributed by atoms with Crippen molar-refractivity contribution < 1.29 is 28.5 Å². The Kier molecular flexibility index (Phi) is 41.5. The van der Waals surface area contributed by atoms with Gasteiger partial charge in [0.05, 0.1) is 6.61 Å². The zero-order valence-corrected chi connectivity index (χ0v) is 41.7. The number of carbonyl (C=O) groups is 2. The molecule has 4 unspecified atom stereocenters. The van der Waals surface area contributed by atoms with Gasteiger partial charge < -0.3 is 23.8 Å². The molecule has 1 aliphatic carbocycles. The molecular formula is C56H99NO6. The van der Waals surface area contributed by atoms with Crippen molar-refractivity contribution in [3.05, 3.63) is 60.8 Å². The summed E-state index contributed by atoms with van der Waals surface area (Å²) >= 11 is 0. The zero-order valence-electron chi connectivity index (χ0n) is 41.7. The van der Waals surface area contributed by atoms with Crippen LogP contribution < -0.4 is 0 Å². The highest BCUT2D eigenvalue weighted by Crippen LogP contribution is 2.39. The Morgan fingerprint density at radius 3 is 1.71 bits per heavy atom. The summed E-state index contributed by atoms with van der Waals surface area (Å²) < 4.78 is 24.3. The van der Waals surface area contributed by atoms with Gasteiger partial charge in [-0.15, -0.1) is 0 Å². The number of unbranched alkanes of at least 4 members (excludes halogenated alkanes) is 17. The van der Waals surface area contributed by atoms with Gasteiger partial charge in [-0.25, -0.2) is 0 Å². The molecule has 0 aromatic carbocycles. The molecule has 63 heavy (non-hydrogen) atoms.